The van der Waals surface area contributed by atoms with Gasteiger partial charge in [-0.05, 0) is 32.1 Å². The topological polar surface area (TPSA) is 26.3 Å². The number of carbonyl (C=O) groups is 1. The van der Waals surface area contributed by atoms with Gasteiger partial charge in [0.25, 0.3) is 0 Å². The molecule has 0 saturated heterocycles. The van der Waals surface area contributed by atoms with E-state index in [2.05, 4.69) is 19.1 Å². The van der Waals surface area contributed by atoms with Crippen LogP contribution >= 0.6 is 0 Å². The quantitative estimate of drug-likeness (QED) is 0.299. The highest BCUT2D eigenvalue weighted by atomic mass is 16.5. The standard InChI is InChI=1S/C15H28O2/c1-3-4-5-6-7-8-9-10-11-12-13-14-17-15(2)16/h9-10H,3-8,11-14H2,1-2H3/b10-9+. The average Bonchev–Trinajstić information content (AvgIpc) is 2.30. The van der Waals surface area contributed by atoms with Crippen LogP contribution in [-0.2, 0) is 9.53 Å². The fourth-order valence-electron chi connectivity index (χ4n) is 1.68. The minimum absolute atomic E-state index is 0.173. The monoisotopic (exact) mass is 240 g/mol. The second kappa shape index (κ2) is 13.3. The predicted octanol–water partition coefficient (Wildman–Crippen LogP) is 4.64. The lowest BCUT2D eigenvalue weighted by atomic mass is 10.1. The normalized spacial score (nSPS) is 10.9. The Kier molecular flexibility index (Phi) is 12.7. The number of unbranched alkanes of at least 4 members (excludes halogenated alkanes) is 7. The second-order valence-corrected chi connectivity index (χ2v) is 4.51. The summed E-state index contributed by atoms with van der Waals surface area (Å²) in [5.74, 6) is -0.173. The summed E-state index contributed by atoms with van der Waals surface area (Å²) >= 11 is 0. The maximum atomic E-state index is 10.5. The molecule has 0 radical (unpaired) electrons. The van der Waals surface area contributed by atoms with Crippen molar-refractivity contribution in [3.63, 3.8) is 0 Å². The number of hydrogen-bond donors (Lipinski definition) is 0. The van der Waals surface area contributed by atoms with E-state index in [9.17, 15) is 4.79 Å². The molecule has 2 nitrogen and oxygen atoms in total. The fourth-order valence-corrected chi connectivity index (χ4v) is 1.68. The Hall–Kier alpha value is -0.790. The van der Waals surface area contributed by atoms with Gasteiger partial charge in [0.2, 0.25) is 0 Å². The zero-order chi connectivity index (χ0) is 12.8. The Bertz CT molecular complexity index is 197. The molecule has 0 aliphatic heterocycles. The summed E-state index contributed by atoms with van der Waals surface area (Å²) in [5.41, 5.74) is 0. The Morgan fingerprint density at radius 1 is 0.941 bits per heavy atom. The van der Waals surface area contributed by atoms with Gasteiger partial charge in [-0.25, -0.2) is 0 Å². The average molecular weight is 240 g/mol. The van der Waals surface area contributed by atoms with Crippen LogP contribution in [0.25, 0.3) is 0 Å². The van der Waals surface area contributed by atoms with Crippen LogP contribution in [0, 0.1) is 0 Å². The Labute approximate surface area is 106 Å². The lowest BCUT2D eigenvalue weighted by molar-refractivity contribution is -0.141. The van der Waals surface area contributed by atoms with Gasteiger partial charge in [0.05, 0.1) is 6.61 Å². The van der Waals surface area contributed by atoms with Crippen molar-refractivity contribution >= 4 is 5.97 Å². The molecule has 0 heterocycles. The second-order valence-electron chi connectivity index (χ2n) is 4.51. The summed E-state index contributed by atoms with van der Waals surface area (Å²) in [6, 6.07) is 0. The fraction of sp³-hybridized carbons (Fsp3) is 0.800. The van der Waals surface area contributed by atoms with E-state index in [0.717, 1.165) is 19.3 Å². The Morgan fingerprint density at radius 2 is 1.53 bits per heavy atom. The van der Waals surface area contributed by atoms with Crippen LogP contribution in [0.1, 0.15) is 71.6 Å². The summed E-state index contributed by atoms with van der Waals surface area (Å²) < 4.78 is 4.86. The molecule has 0 fully saturated rings. The summed E-state index contributed by atoms with van der Waals surface area (Å²) in [7, 11) is 0. The van der Waals surface area contributed by atoms with Crippen LogP contribution in [-0.4, -0.2) is 12.6 Å². The van der Waals surface area contributed by atoms with Crippen LogP contribution in [0.3, 0.4) is 0 Å². The number of hydrogen-bond acceptors (Lipinski definition) is 2. The van der Waals surface area contributed by atoms with E-state index in [4.69, 9.17) is 4.74 Å². The number of esters is 1. The van der Waals surface area contributed by atoms with Gasteiger partial charge in [-0.1, -0.05) is 44.8 Å². The number of ether oxygens (including phenoxy) is 1. The molecule has 0 aromatic heterocycles. The van der Waals surface area contributed by atoms with E-state index in [1.807, 2.05) is 0 Å². The molecule has 0 aliphatic carbocycles. The molecule has 17 heavy (non-hydrogen) atoms. The van der Waals surface area contributed by atoms with Crippen LogP contribution in [0.2, 0.25) is 0 Å². The lowest BCUT2D eigenvalue weighted by Gasteiger charge is -1.99. The Morgan fingerprint density at radius 3 is 2.12 bits per heavy atom. The third-order valence-corrected chi connectivity index (χ3v) is 2.71. The first-order valence-corrected chi connectivity index (χ1v) is 7.05. The van der Waals surface area contributed by atoms with Crippen molar-refractivity contribution < 1.29 is 9.53 Å². The molecule has 0 spiro atoms. The van der Waals surface area contributed by atoms with Gasteiger partial charge in [-0.15, -0.1) is 0 Å². The van der Waals surface area contributed by atoms with Crippen LogP contribution in [0.15, 0.2) is 12.2 Å². The molecule has 100 valence electrons. The molecule has 0 aromatic carbocycles. The van der Waals surface area contributed by atoms with Crippen LogP contribution in [0.4, 0.5) is 0 Å². The summed E-state index contributed by atoms with van der Waals surface area (Å²) in [6.07, 6.45) is 15.7. The maximum Gasteiger partial charge on any atom is 0.302 e. The summed E-state index contributed by atoms with van der Waals surface area (Å²) in [5, 5.41) is 0. The SMILES string of the molecule is CCCCCCC/C=C/CCCCOC(C)=O. The molecule has 0 rings (SSSR count). The molecule has 0 aromatic rings. The highest BCUT2D eigenvalue weighted by Crippen LogP contribution is 2.06. The van der Waals surface area contributed by atoms with Crippen molar-refractivity contribution in [2.45, 2.75) is 71.6 Å². The summed E-state index contributed by atoms with van der Waals surface area (Å²) in [6.45, 7) is 4.27. The van der Waals surface area contributed by atoms with Crippen molar-refractivity contribution in [2.75, 3.05) is 6.61 Å². The molecule has 0 aliphatic rings. The maximum absolute atomic E-state index is 10.5. The number of rotatable bonds is 11. The molecule has 0 N–H and O–H groups in total. The zero-order valence-corrected chi connectivity index (χ0v) is 11.5. The molecule has 0 amide bonds. The van der Waals surface area contributed by atoms with E-state index < -0.39 is 0 Å². The highest BCUT2D eigenvalue weighted by Gasteiger charge is 1.91. The molecule has 0 bridgehead atoms. The molecule has 0 atom stereocenters. The van der Waals surface area contributed by atoms with Crippen molar-refractivity contribution in [3.05, 3.63) is 12.2 Å². The highest BCUT2D eigenvalue weighted by molar-refractivity contribution is 5.65. The van der Waals surface area contributed by atoms with Gasteiger partial charge in [0, 0.05) is 6.92 Å². The first-order chi connectivity index (χ1) is 8.27. The molecular formula is C15H28O2. The van der Waals surface area contributed by atoms with Crippen molar-refractivity contribution in [1.29, 1.82) is 0 Å². The molecule has 0 saturated carbocycles. The van der Waals surface area contributed by atoms with Gasteiger partial charge in [-0.3, -0.25) is 4.79 Å². The van der Waals surface area contributed by atoms with Gasteiger partial charge in [-0.2, -0.15) is 0 Å². The lowest BCUT2D eigenvalue weighted by Crippen LogP contribution is -1.99. The predicted molar refractivity (Wildman–Crippen MR) is 73.0 cm³/mol. The molecule has 2 heteroatoms. The van der Waals surface area contributed by atoms with Gasteiger partial charge in [0.15, 0.2) is 0 Å². The van der Waals surface area contributed by atoms with E-state index >= 15 is 0 Å². The smallest absolute Gasteiger partial charge is 0.302 e. The van der Waals surface area contributed by atoms with E-state index in [1.54, 1.807) is 0 Å². The third-order valence-electron chi connectivity index (χ3n) is 2.71. The third kappa shape index (κ3) is 15.2. The summed E-state index contributed by atoms with van der Waals surface area (Å²) in [4.78, 5) is 10.5. The minimum atomic E-state index is -0.173. The Balaban J connectivity index is 3.07. The van der Waals surface area contributed by atoms with Gasteiger partial charge in [0.1, 0.15) is 0 Å². The molecule has 0 unspecified atom stereocenters. The van der Waals surface area contributed by atoms with E-state index in [-0.39, 0.29) is 5.97 Å². The van der Waals surface area contributed by atoms with Crippen molar-refractivity contribution in [2.24, 2.45) is 0 Å². The number of allylic oxidation sites excluding steroid dienone is 2. The van der Waals surface area contributed by atoms with Crippen LogP contribution < -0.4 is 0 Å². The number of carbonyl (C=O) groups excluding carboxylic acids is 1. The van der Waals surface area contributed by atoms with Gasteiger partial charge < -0.3 is 4.74 Å². The largest absolute Gasteiger partial charge is 0.466 e. The van der Waals surface area contributed by atoms with Gasteiger partial charge >= 0.3 is 5.97 Å². The molecular weight excluding hydrogens is 212 g/mol. The minimum Gasteiger partial charge on any atom is -0.466 e. The van der Waals surface area contributed by atoms with Crippen molar-refractivity contribution in [3.8, 4) is 0 Å². The zero-order valence-electron chi connectivity index (χ0n) is 11.5. The van der Waals surface area contributed by atoms with Crippen molar-refractivity contribution in [1.82, 2.24) is 0 Å². The first kappa shape index (κ1) is 16.2. The van der Waals surface area contributed by atoms with E-state index in [0.29, 0.717) is 6.61 Å². The van der Waals surface area contributed by atoms with Crippen LogP contribution in [0.5, 0.6) is 0 Å². The van der Waals surface area contributed by atoms with E-state index in [1.165, 1.54) is 45.4 Å². The first-order valence-electron chi connectivity index (χ1n) is 7.05.